The summed E-state index contributed by atoms with van der Waals surface area (Å²) in [5, 5.41) is 8.86. The van der Waals surface area contributed by atoms with Crippen LogP contribution in [-0.2, 0) is 0 Å². The standard InChI is InChI=1S/C9H17NO/c1-2-3-5-10-6-4-9(7-10)8-11/h2-3,9,11H,4-8H2,1H3/b3-2+/t9-/m1/s1. The van der Waals surface area contributed by atoms with Gasteiger partial charge in [-0.15, -0.1) is 0 Å². The van der Waals surface area contributed by atoms with Gasteiger partial charge in [0.25, 0.3) is 0 Å². The van der Waals surface area contributed by atoms with Crippen molar-refractivity contribution in [1.29, 1.82) is 0 Å². The fraction of sp³-hybridized carbons (Fsp3) is 0.778. The molecule has 0 aromatic carbocycles. The van der Waals surface area contributed by atoms with E-state index in [9.17, 15) is 0 Å². The monoisotopic (exact) mass is 155 g/mol. The quantitative estimate of drug-likeness (QED) is 0.611. The van der Waals surface area contributed by atoms with Gasteiger partial charge in [-0.1, -0.05) is 12.2 Å². The normalized spacial score (nSPS) is 26.9. The number of aliphatic hydroxyl groups excluding tert-OH is 1. The molecule has 2 heteroatoms. The van der Waals surface area contributed by atoms with Crippen molar-refractivity contribution in [2.24, 2.45) is 5.92 Å². The first-order chi connectivity index (χ1) is 5.36. The summed E-state index contributed by atoms with van der Waals surface area (Å²) in [6.45, 7) is 5.66. The number of rotatable bonds is 3. The summed E-state index contributed by atoms with van der Waals surface area (Å²) >= 11 is 0. The zero-order valence-corrected chi connectivity index (χ0v) is 7.16. The van der Waals surface area contributed by atoms with Crippen LogP contribution in [0.5, 0.6) is 0 Å². The Morgan fingerprint density at radius 1 is 1.64 bits per heavy atom. The highest BCUT2D eigenvalue weighted by atomic mass is 16.3. The molecule has 1 heterocycles. The second-order valence-electron chi connectivity index (χ2n) is 3.17. The Hall–Kier alpha value is -0.340. The zero-order chi connectivity index (χ0) is 8.10. The molecule has 0 bridgehead atoms. The van der Waals surface area contributed by atoms with Crippen LogP contribution >= 0.6 is 0 Å². The molecule has 0 amide bonds. The summed E-state index contributed by atoms with van der Waals surface area (Å²) in [4.78, 5) is 2.38. The Labute approximate surface area is 68.5 Å². The van der Waals surface area contributed by atoms with Gasteiger partial charge in [-0.25, -0.2) is 0 Å². The van der Waals surface area contributed by atoms with Crippen LogP contribution < -0.4 is 0 Å². The Bertz CT molecular complexity index is 134. The summed E-state index contributed by atoms with van der Waals surface area (Å²) in [7, 11) is 0. The molecule has 1 saturated heterocycles. The first kappa shape index (κ1) is 8.75. The van der Waals surface area contributed by atoms with Crippen molar-refractivity contribution in [3.63, 3.8) is 0 Å². The lowest BCUT2D eigenvalue weighted by Crippen LogP contribution is -2.21. The van der Waals surface area contributed by atoms with E-state index in [0.717, 1.165) is 26.1 Å². The Morgan fingerprint density at radius 3 is 3.00 bits per heavy atom. The molecule has 11 heavy (non-hydrogen) atoms. The molecule has 0 aliphatic carbocycles. The minimum absolute atomic E-state index is 0.354. The molecule has 0 aromatic heterocycles. The van der Waals surface area contributed by atoms with Crippen molar-refractivity contribution in [2.75, 3.05) is 26.2 Å². The molecular formula is C9H17NO. The van der Waals surface area contributed by atoms with Crippen LogP contribution in [0, 0.1) is 5.92 Å². The number of hydrogen-bond acceptors (Lipinski definition) is 2. The summed E-state index contributed by atoms with van der Waals surface area (Å²) < 4.78 is 0. The molecule has 1 aliphatic rings. The third-order valence-electron chi connectivity index (χ3n) is 2.23. The summed E-state index contributed by atoms with van der Waals surface area (Å²) in [6, 6.07) is 0. The summed E-state index contributed by atoms with van der Waals surface area (Å²) in [5.74, 6) is 0.528. The van der Waals surface area contributed by atoms with Crippen LogP contribution in [0.2, 0.25) is 0 Å². The SMILES string of the molecule is C/C=C/CN1CC[C@@H](CO)C1. The first-order valence-corrected chi connectivity index (χ1v) is 4.31. The number of allylic oxidation sites excluding steroid dienone is 1. The predicted molar refractivity (Wildman–Crippen MR) is 46.4 cm³/mol. The number of likely N-dealkylation sites (tertiary alicyclic amines) is 1. The Kier molecular flexibility index (Phi) is 3.60. The highest BCUT2D eigenvalue weighted by molar-refractivity contribution is 4.85. The van der Waals surface area contributed by atoms with Gasteiger partial charge < -0.3 is 5.11 Å². The van der Waals surface area contributed by atoms with E-state index >= 15 is 0 Å². The second kappa shape index (κ2) is 4.52. The lowest BCUT2D eigenvalue weighted by molar-refractivity contribution is 0.225. The average molecular weight is 155 g/mol. The van der Waals surface area contributed by atoms with Gasteiger partial charge in [-0.2, -0.15) is 0 Å². The summed E-state index contributed by atoms with van der Waals surface area (Å²) in [5.41, 5.74) is 0. The van der Waals surface area contributed by atoms with Gasteiger partial charge in [0.05, 0.1) is 0 Å². The second-order valence-corrected chi connectivity index (χ2v) is 3.17. The molecule has 0 aromatic rings. The van der Waals surface area contributed by atoms with Crippen LogP contribution in [-0.4, -0.2) is 36.2 Å². The lowest BCUT2D eigenvalue weighted by Gasteiger charge is -2.11. The highest BCUT2D eigenvalue weighted by Gasteiger charge is 2.19. The fourth-order valence-electron chi connectivity index (χ4n) is 1.48. The molecule has 1 atom stereocenters. The minimum atomic E-state index is 0.354. The average Bonchev–Trinajstić information content (AvgIpc) is 2.48. The van der Waals surface area contributed by atoms with E-state index < -0.39 is 0 Å². The van der Waals surface area contributed by atoms with Gasteiger partial charge in [0.1, 0.15) is 0 Å². The largest absolute Gasteiger partial charge is 0.396 e. The number of hydrogen-bond donors (Lipinski definition) is 1. The van der Waals surface area contributed by atoms with Crippen LogP contribution in [0.15, 0.2) is 12.2 Å². The molecule has 2 nitrogen and oxygen atoms in total. The molecule has 0 saturated carbocycles. The van der Waals surface area contributed by atoms with Crippen LogP contribution in [0.1, 0.15) is 13.3 Å². The van der Waals surface area contributed by atoms with Crippen LogP contribution in [0.25, 0.3) is 0 Å². The van der Waals surface area contributed by atoms with Gasteiger partial charge in [0.2, 0.25) is 0 Å². The zero-order valence-electron chi connectivity index (χ0n) is 7.16. The molecule has 0 unspecified atom stereocenters. The van der Waals surface area contributed by atoms with Crippen molar-refractivity contribution >= 4 is 0 Å². The van der Waals surface area contributed by atoms with E-state index in [1.807, 2.05) is 6.92 Å². The molecule has 0 spiro atoms. The molecule has 1 fully saturated rings. The van der Waals surface area contributed by atoms with E-state index in [-0.39, 0.29) is 0 Å². The highest BCUT2D eigenvalue weighted by Crippen LogP contribution is 2.14. The molecule has 1 aliphatic heterocycles. The van der Waals surface area contributed by atoms with E-state index in [0.29, 0.717) is 12.5 Å². The van der Waals surface area contributed by atoms with E-state index in [1.165, 1.54) is 0 Å². The van der Waals surface area contributed by atoms with Crippen molar-refractivity contribution < 1.29 is 5.11 Å². The lowest BCUT2D eigenvalue weighted by atomic mass is 10.1. The van der Waals surface area contributed by atoms with Gasteiger partial charge in [0.15, 0.2) is 0 Å². The van der Waals surface area contributed by atoms with E-state index in [4.69, 9.17) is 5.11 Å². The molecule has 0 radical (unpaired) electrons. The van der Waals surface area contributed by atoms with Gasteiger partial charge in [0, 0.05) is 19.7 Å². The topological polar surface area (TPSA) is 23.5 Å². The fourth-order valence-corrected chi connectivity index (χ4v) is 1.48. The van der Waals surface area contributed by atoms with Gasteiger partial charge >= 0.3 is 0 Å². The van der Waals surface area contributed by atoms with Crippen molar-refractivity contribution in [3.05, 3.63) is 12.2 Å². The van der Waals surface area contributed by atoms with Gasteiger partial charge in [-0.05, 0) is 25.8 Å². The maximum Gasteiger partial charge on any atom is 0.0471 e. The third-order valence-corrected chi connectivity index (χ3v) is 2.23. The van der Waals surface area contributed by atoms with Crippen molar-refractivity contribution in [2.45, 2.75) is 13.3 Å². The Balaban J connectivity index is 2.19. The summed E-state index contributed by atoms with van der Waals surface area (Å²) in [6.07, 6.45) is 5.40. The van der Waals surface area contributed by atoms with Crippen LogP contribution in [0.4, 0.5) is 0 Å². The third kappa shape index (κ3) is 2.64. The predicted octanol–water partition coefficient (Wildman–Crippen LogP) is 0.877. The molecule has 1 rings (SSSR count). The van der Waals surface area contributed by atoms with E-state index in [2.05, 4.69) is 17.1 Å². The van der Waals surface area contributed by atoms with Crippen LogP contribution in [0.3, 0.4) is 0 Å². The van der Waals surface area contributed by atoms with E-state index in [1.54, 1.807) is 0 Å². The molecule has 1 N–H and O–H groups in total. The molecule has 64 valence electrons. The smallest absolute Gasteiger partial charge is 0.0471 e. The maximum atomic E-state index is 8.86. The molecular weight excluding hydrogens is 138 g/mol. The van der Waals surface area contributed by atoms with Crippen molar-refractivity contribution in [3.8, 4) is 0 Å². The first-order valence-electron chi connectivity index (χ1n) is 4.31. The van der Waals surface area contributed by atoms with Gasteiger partial charge in [-0.3, -0.25) is 4.90 Å². The minimum Gasteiger partial charge on any atom is -0.396 e. The maximum absolute atomic E-state index is 8.86. The number of aliphatic hydroxyl groups is 1. The van der Waals surface area contributed by atoms with Crippen molar-refractivity contribution in [1.82, 2.24) is 4.90 Å². The number of nitrogens with zero attached hydrogens (tertiary/aromatic N) is 1. The Morgan fingerprint density at radius 2 is 2.45 bits per heavy atom.